The molecule has 3 nitrogen and oxygen atoms in total. The number of pyridine rings is 1. The minimum Gasteiger partial charge on any atom is -0.346 e. The van der Waals surface area contributed by atoms with Crippen molar-refractivity contribution in [1.29, 1.82) is 0 Å². The summed E-state index contributed by atoms with van der Waals surface area (Å²) in [5.41, 5.74) is 5.08. The lowest BCUT2D eigenvalue weighted by atomic mass is 9.99. The molecule has 1 amide bonds. The predicted molar refractivity (Wildman–Crippen MR) is 113 cm³/mol. The van der Waals surface area contributed by atoms with Crippen LogP contribution in [0, 0.1) is 0 Å². The lowest BCUT2D eigenvalue weighted by Crippen LogP contribution is -2.26. The van der Waals surface area contributed by atoms with Gasteiger partial charge in [-0.25, -0.2) is 0 Å². The molecule has 3 heteroatoms. The molecule has 1 atom stereocenters. The van der Waals surface area contributed by atoms with E-state index in [2.05, 4.69) is 22.4 Å². The Morgan fingerprint density at radius 2 is 1.71 bits per heavy atom. The molecule has 4 aromatic rings. The van der Waals surface area contributed by atoms with Crippen molar-refractivity contribution in [2.24, 2.45) is 0 Å². The highest BCUT2D eigenvalue weighted by atomic mass is 16.1. The van der Waals surface area contributed by atoms with Gasteiger partial charge in [0.1, 0.15) is 0 Å². The molecule has 3 aromatic carbocycles. The fourth-order valence-electron chi connectivity index (χ4n) is 3.46. The first-order valence-electron chi connectivity index (χ1n) is 9.48. The predicted octanol–water partition coefficient (Wildman–Crippen LogP) is 5.32. The van der Waals surface area contributed by atoms with Crippen molar-refractivity contribution in [2.45, 2.75) is 19.4 Å². The van der Waals surface area contributed by atoms with Crippen LogP contribution in [0.15, 0.2) is 91.1 Å². The number of carbonyl (C=O) groups excluding carboxylic acids is 1. The Morgan fingerprint density at radius 1 is 0.929 bits per heavy atom. The molecule has 0 aliphatic heterocycles. The third-order valence-electron chi connectivity index (χ3n) is 4.97. The summed E-state index contributed by atoms with van der Waals surface area (Å²) in [6, 6.07) is 28.0. The third kappa shape index (κ3) is 3.94. The number of benzene rings is 3. The monoisotopic (exact) mass is 366 g/mol. The Kier molecular flexibility index (Phi) is 5.16. The van der Waals surface area contributed by atoms with Gasteiger partial charge in [-0.1, -0.05) is 60.7 Å². The molecule has 4 rings (SSSR count). The zero-order valence-electron chi connectivity index (χ0n) is 15.8. The fraction of sp³-hybridized carbons (Fsp3) is 0.120. The van der Waals surface area contributed by atoms with Crippen LogP contribution in [0.25, 0.3) is 10.9 Å². The van der Waals surface area contributed by atoms with Gasteiger partial charge in [-0.3, -0.25) is 9.78 Å². The molecule has 0 spiro atoms. The summed E-state index contributed by atoms with van der Waals surface area (Å²) < 4.78 is 0. The molecule has 0 saturated carbocycles. The van der Waals surface area contributed by atoms with Crippen molar-refractivity contribution in [3.8, 4) is 0 Å². The second-order valence-corrected chi connectivity index (χ2v) is 6.97. The van der Waals surface area contributed by atoms with E-state index in [-0.39, 0.29) is 11.9 Å². The summed E-state index contributed by atoms with van der Waals surface area (Å²) in [4.78, 5) is 17.2. The highest BCUT2D eigenvalue weighted by Crippen LogP contribution is 2.20. The fourth-order valence-corrected chi connectivity index (χ4v) is 3.46. The summed E-state index contributed by atoms with van der Waals surface area (Å²) in [7, 11) is 0. The van der Waals surface area contributed by atoms with E-state index in [1.807, 2.05) is 85.9 Å². The van der Waals surface area contributed by atoms with Crippen LogP contribution in [-0.4, -0.2) is 10.9 Å². The van der Waals surface area contributed by atoms with Crippen molar-refractivity contribution in [1.82, 2.24) is 10.3 Å². The largest absolute Gasteiger partial charge is 0.346 e. The quantitative estimate of drug-likeness (QED) is 0.520. The van der Waals surface area contributed by atoms with Crippen molar-refractivity contribution >= 4 is 16.8 Å². The van der Waals surface area contributed by atoms with E-state index in [1.54, 1.807) is 0 Å². The van der Waals surface area contributed by atoms with Gasteiger partial charge in [-0.15, -0.1) is 0 Å². The van der Waals surface area contributed by atoms with E-state index in [4.69, 9.17) is 0 Å². The van der Waals surface area contributed by atoms with E-state index in [0.29, 0.717) is 5.56 Å². The Labute approximate surface area is 165 Å². The average molecular weight is 366 g/mol. The molecular weight excluding hydrogens is 344 g/mol. The van der Waals surface area contributed by atoms with Crippen molar-refractivity contribution in [3.05, 3.63) is 113 Å². The molecule has 0 aliphatic rings. The molecule has 0 saturated heterocycles. The lowest BCUT2D eigenvalue weighted by Gasteiger charge is -2.15. The normalized spacial score (nSPS) is 11.9. The van der Waals surface area contributed by atoms with Crippen LogP contribution in [0.4, 0.5) is 0 Å². The highest BCUT2D eigenvalue weighted by molar-refractivity contribution is 5.94. The maximum atomic E-state index is 12.7. The van der Waals surface area contributed by atoms with Crippen LogP contribution in [0.1, 0.15) is 40.0 Å². The number of hydrogen-bond acceptors (Lipinski definition) is 2. The Hall–Kier alpha value is -3.46. The molecule has 138 valence electrons. The lowest BCUT2D eigenvalue weighted by molar-refractivity contribution is 0.0940. The standard InChI is InChI=1S/C25H22N2O/c1-18(20-9-3-2-4-10-20)27-25(28)22-11-7-8-19(17-22)16-21-14-15-26-24-13-6-5-12-23(21)24/h2-15,17-18H,16H2,1H3,(H,27,28)/t18-/m1/s1. The molecule has 1 heterocycles. The number of carbonyl (C=O) groups is 1. The number of hydrogen-bond donors (Lipinski definition) is 1. The molecule has 0 aliphatic carbocycles. The Balaban J connectivity index is 1.53. The average Bonchev–Trinajstić information content (AvgIpc) is 2.75. The van der Waals surface area contributed by atoms with E-state index < -0.39 is 0 Å². The summed E-state index contributed by atoms with van der Waals surface area (Å²) in [5, 5.41) is 4.23. The second-order valence-electron chi connectivity index (χ2n) is 6.97. The minimum atomic E-state index is -0.0576. The van der Waals surface area contributed by atoms with Gasteiger partial charge in [0.25, 0.3) is 5.91 Å². The molecule has 0 bridgehead atoms. The van der Waals surface area contributed by atoms with Crippen LogP contribution in [0.2, 0.25) is 0 Å². The number of aromatic nitrogens is 1. The van der Waals surface area contributed by atoms with Crippen LogP contribution < -0.4 is 5.32 Å². The maximum Gasteiger partial charge on any atom is 0.251 e. The number of amides is 1. The van der Waals surface area contributed by atoms with Crippen molar-refractivity contribution in [3.63, 3.8) is 0 Å². The van der Waals surface area contributed by atoms with Gasteiger partial charge in [0.15, 0.2) is 0 Å². The summed E-state index contributed by atoms with van der Waals surface area (Å²) in [6.45, 7) is 2.00. The first kappa shape index (κ1) is 17.9. The molecular formula is C25H22N2O. The zero-order valence-corrected chi connectivity index (χ0v) is 15.8. The molecule has 1 N–H and O–H groups in total. The van der Waals surface area contributed by atoms with Gasteiger partial charge < -0.3 is 5.32 Å². The van der Waals surface area contributed by atoms with E-state index in [9.17, 15) is 4.79 Å². The van der Waals surface area contributed by atoms with Gasteiger partial charge in [-0.2, -0.15) is 0 Å². The minimum absolute atomic E-state index is 0.0403. The molecule has 28 heavy (non-hydrogen) atoms. The first-order valence-corrected chi connectivity index (χ1v) is 9.48. The SMILES string of the molecule is C[C@@H](NC(=O)c1cccc(Cc2ccnc3ccccc23)c1)c1ccccc1. The van der Waals surface area contributed by atoms with Gasteiger partial charge in [0.05, 0.1) is 11.6 Å². The van der Waals surface area contributed by atoms with Gasteiger partial charge in [0, 0.05) is 17.1 Å². The van der Waals surface area contributed by atoms with Crippen LogP contribution in [-0.2, 0) is 6.42 Å². The van der Waals surface area contributed by atoms with E-state index in [1.165, 1.54) is 5.56 Å². The van der Waals surface area contributed by atoms with Gasteiger partial charge >= 0.3 is 0 Å². The topological polar surface area (TPSA) is 42.0 Å². The number of rotatable bonds is 5. The zero-order chi connectivity index (χ0) is 19.3. The number of nitrogens with zero attached hydrogens (tertiary/aromatic N) is 1. The third-order valence-corrected chi connectivity index (χ3v) is 4.97. The number of nitrogens with one attached hydrogen (secondary N) is 1. The molecule has 0 fully saturated rings. The summed E-state index contributed by atoms with van der Waals surface area (Å²) in [6.07, 6.45) is 2.61. The maximum absolute atomic E-state index is 12.7. The molecule has 0 unspecified atom stereocenters. The molecule has 0 radical (unpaired) electrons. The van der Waals surface area contributed by atoms with E-state index in [0.717, 1.165) is 28.5 Å². The summed E-state index contributed by atoms with van der Waals surface area (Å²) >= 11 is 0. The smallest absolute Gasteiger partial charge is 0.251 e. The summed E-state index contributed by atoms with van der Waals surface area (Å²) in [5.74, 6) is -0.0576. The van der Waals surface area contributed by atoms with Gasteiger partial charge in [0.2, 0.25) is 0 Å². The van der Waals surface area contributed by atoms with E-state index >= 15 is 0 Å². The van der Waals surface area contributed by atoms with Crippen LogP contribution in [0.5, 0.6) is 0 Å². The van der Waals surface area contributed by atoms with Crippen LogP contribution in [0.3, 0.4) is 0 Å². The Morgan fingerprint density at radius 3 is 2.57 bits per heavy atom. The second kappa shape index (κ2) is 8.05. The van der Waals surface area contributed by atoms with Crippen molar-refractivity contribution < 1.29 is 4.79 Å². The number of para-hydroxylation sites is 1. The van der Waals surface area contributed by atoms with Crippen LogP contribution >= 0.6 is 0 Å². The number of fused-ring (bicyclic) bond motifs is 1. The Bertz CT molecular complexity index is 1100. The first-order chi connectivity index (χ1) is 13.7. The molecule has 1 aromatic heterocycles. The van der Waals surface area contributed by atoms with Gasteiger partial charge in [-0.05, 0) is 54.3 Å². The highest BCUT2D eigenvalue weighted by Gasteiger charge is 2.12. The van der Waals surface area contributed by atoms with Crippen molar-refractivity contribution in [2.75, 3.05) is 0 Å².